The third-order valence-electron chi connectivity index (χ3n) is 16.4. The number of carbonyl (C=O) groups excluding carboxylic acids is 4. The number of ether oxygens (including phenoxy) is 4. The molecule has 2 unspecified atom stereocenters. The van der Waals surface area contributed by atoms with Gasteiger partial charge in [0, 0.05) is 25.7 Å². The number of hydrogen-bond donors (Lipinski definition) is 3. The highest BCUT2D eigenvalue weighted by atomic mass is 31.2. The molecule has 0 heterocycles. The Bertz CT molecular complexity index is 2410. The summed E-state index contributed by atoms with van der Waals surface area (Å²) >= 11 is 0. The zero-order valence-corrected chi connectivity index (χ0v) is 65.8. The van der Waals surface area contributed by atoms with Gasteiger partial charge < -0.3 is 33.8 Å². The first-order chi connectivity index (χ1) is 49.7. The normalized spacial score (nSPS) is 14.5. The summed E-state index contributed by atoms with van der Waals surface area (Å²) in [5.74, 6) is -2.29. The van der Waals surface area contributed by atoms with E-state index in [4.69, 9.17) is 37.0 Å². The lowest BCUT2D eigenvalue weighted by Crippen LogP contribution is -2.30. The SMILES string of the molecule is CC/C=C\C/C=C\C/C=C\C/C=C\C/C=C\C/C=C\CCC(=O)OC[C@H](COP(=O)(O)OC[C@@H](O)COP(=O)(O)OC[C@@H](COC(=O)CCCCCCC/C=C\C/C=C\CCCCC)OC(=O)CCCCCCC/C=C\C/C=C\CCCCC)OC(=O)CCCCCCCCCCCCCCC. The average molecular weight is 1470 g/mol. The molecule has 0 saturated carbocycles. The molecule has 3 N–H and O–H groups in total. The molecule has 19 heteroatoms. The highest BCUT2D eigenvalue weighted by Gasteiger charge is 2.30. The molecule has 0 saturated heterocycles. The van der Waals surface area contributed by atoms with E-state index in [-0.39, 0.29) is 25.7 Å². The first-order valence-electron chi connectivity index (χ1n) is 39.8. The number of unbranched alkanes of at least 4 members (excludes halogenated alkanes) is 28. The lowest BCUT2D eigenvalue weighted by atomic mass is 10.0. The maximum Gasteiger partial charge on any atom is 0.472 e. The third kappa shape index (κ3) is 73.8. The van der Waals surface area contributed by atoms with Gasteiger partial charge in [-0.3, -0.25) is 37.3 Å². The van der Waals surface area contributed by atoms with Crippen molar-refractivity contribution >= 4 is 39.5 Å². The van der Waals surface area contributed by atoms with E-state index in [9.17, 15) is 43.2 Å². The van der Waals surface area contributed by atoms with Crippen LogP contribution in [-0.2, 0) is 65.4 Å². The lowest BCUT2D eigenvalue weighted by molar-refractivity contribution is -0.161. The molecule has 102 heavy (non-hydrogen) atoms. The molecule has 0 aromatic carbocycles. The van der Waals surface area contributed by atoms with Gasteiger partial charge in [0.1, 0.15) is 19.3 Å². The fourth-order valence-electron chi connectivity index (χ4n) is 10.4. The first-order valence-corrected chi connectivity index (χ1v) is 42.8. The van der Waals surface area contributed by atoms with Crippen molar-refractivity contribution in [2.24, 2.45) is 0 Å². The van der Waals surface area contributed by atoms with Crippen molar-refractivity contribution in [1.29, 1.82) is 0 Å². The van der Waals surface area contributed by atoms with Crippen LogP contribution >= 0.6 is 15.6 Å². The van der Waals surface area contributed by atoms with Crippen molar-refractivity contribution in [3.8, 4) is 0 Å². The maximum atomic E-state index is 13.1. The molecule has 0 aromatic rings. The summed E-state index contributed by atoms with van der Waals surface area (Å²) in [6, 6.07) is 0. The quantitative estimate of drug-likeness (QED) is 0.0169. The van der Waals surface area contributed by atoms with Gasteiger partial charge in [-0.1, -0.05) is 290 Å². The monoisotopic (exact) mass is 1470 g/mol. The number of rotatable bonds is 74. The van der Waals surface area contributed by atoms with E-state index in [2.05, 4.69) is 131 Å². The third-order valence-corrected chi connectivity index (χ3v) is 18.3. The number of allylic oxidation sites excluding steroid dienone is 20. The van der Waals surface area contributed by atoms with Crippen molar-refractivity contribution in [3.63, 3.8) is 0 Å². The predicted octanol–water partition coefficient (Wildman–Crippen LogP) is 23.1. The Balaban J connectivity index is 5.42. The first kappa shape index (κ1) is 97.5. The Labute approximate surface area is 619 Å². The molecule has 0 aliphatic rings. The van der Waals surface area contributed by atoms with Crippen LogP contribution in [0.2, 0.25) is 0 Å². The van der Waals surface area contributed by atoms with Crippen molar-refractivity contribution < 1.29 is 80.2 Å². The zero-order chi connectivity index (χ0) is 74.6. The minimum atomic E-state index is -4.99. The van der Waals surface area contributed by atoms with Crippen molar-refractivity contribution in [2.45, 2.75) is 341 Å². The summed E-state index contributed by atoms with van der Waals surface area (Å²) in [6.07, 6.45) is 81.9. The standard InChI is InChI=1S/C83H142O17P2/c1-5-9-13-17-21-25-29-33-36-37-38-39-42-45-48-52-56-60-64-68-81(86)94-73-78(99-82(87)69-65-61-57-53-49-43-32-28-24-20-16-12-8-4)75-97-101(89,90)95-71-77(84)72-96-102(91,92)98-76-79(100-83(88)70-66-62-58-54-50-46-41-35-31-27-23-19-15-11-7-3)74-93-80(85)67-63-59-55-51-47-44-40-34-30-26-22-18-14-10-6-2/h9,13,21-23,25-27,33-36,38-41,45,48,56,60,77-79,84H,5-8,10-12,14-20,24,28-32,37,42-44,46-47,49-55,57-59,61-76H2,1-4H3,(H,89,90)(H,91,92)/b13-9-,25-21-,26-22-,27-23-,36-33-,39-38-,40-34-,41-35-,48-45-,60-56-/t77-,78-,79-/m1/s1. The molecule has 0 radical (unpaired) electrons. The fraction of sp³-hybridized carbons (Fsp3) is 0.711. The summed E-state index contributed by atoms with van der Waals surface area (Å²) in [4.78, 5) is 72.9. The van der Waals surface area contributed by atoms with Gasteiger partial charge in [-0.05, 0) is 128 Å². The predicted molar refractivity (Wildman–Crippen MR) is 418 cm³/mol. The minimum Gasteiger partial charge on any atom is -0.462 e. The molecule has 0 rings (SSSR count). The molecule has 17 nitrogen and oxygen atoms in total. The maximum absolute atomic E-state index is 13.1. The Morgan fingerprint density at radius 3 is 0.863 bits per heavy atom. The largest absolute Gasteiger partial charge is 0.472 e. The number of esters is 4. The van der Waals surface area contributed by atoms with Gasteiger partial charge in [-0.25, -0.2) is 9.13 Å². The Morgan fingerprint density at radius 1 is 0.284 bits per heavy atom. The zero-order valence-electron chi connectivity index (χ0n) is 64.0. The van der Waals surface area contributed by atoms with Crippen LogP contribution in [0.1, 0.15) is 323 Å². The number of phosphoric acid groups is 2. The Kier molecular flexibility index (Phi) is 71.4. The van der Waals surface area contributed by atoms with Gasteiger partial charge in [-0.15, -0.1) is 0 Å². The van der Waals surface area contributed by atoms with Crippen LogP contribution in [0.5, 0.6) is 0 Å². The summed E-state index contributed by atoms with van der Waals surface area (Å²) in [7, 11) is -9.98. The molecule has 0 fully saturated rings. The highest BCUT2D eigenvalue weighted by Crippen LogP contribution is 2.45. The van der Waals surface area contributed by atoms with E-state index in [1.807, 2.05) is 18.2 Å². The summed E-state index contributed by atoms with van der Waals surface area (Å²) in [5.41, 5.74) is 0. The van der Waals surface area contributed by atoms with Crippen LogP contribution < -0.4 is 0 Å². The average Bonchev–Trinajstić information content (AvgIpc) is 0.908. The van der Waals surface area contributed by atoms with E-state index in [1.54, 1.807) is 0 Å². The number of phosphoric ester groups is 2. The van der Waals surface area contributed by atoms with E-state index in [0.29, 0.717) is 32.1 Å². The molecule has 0 bridgehead atoms. The second-order valence-corrected chi connectivity index (χ2v) is 29.2. The number of aliphatic hydroxyl groups is 1. The highest BCUT2D eigenvalue weighted by molar-refractivity contribution is 7.47. The molecular weight excluding hydrogens is 1330 g/mol. The molecule has 0 aliphatic heterocycles. The van der Waals surface area contributed by atoms with Crippen molar-refractivity contribution in [3.05, 3.63) is 122 Å². The smallest absolute Gasteiger partial charge is 0.462 e. The van der Waals surface area contributed by atoms with Crippen LogP contribution in [0.4, 0.5) is 0 Å². The van der Waals surface area contributed by atoms with Crippen molar-refractivity contribution in [1.82, 2.24) is 0 Å². The van der Waals surface area contributed by atoms with Gasteiger partial charge in [0.25, 0.3) is 0 Å². The van der Waals surface area contributed by atoms with Gasteiger partial charge in [0.2, 0.25) is 0 Å². The Hall–Kier alpha value is -4.54. The van der Waals surface area contributed by atoms with Gasteiger partial charge >= 0.3 is 39.5 Å². The molecule has 0 aromatic heterocycles. The summed E-state index contributed by atoms with van der Waals surface area (Å²) < 4.78 is 68.5. The fourth-order valence-corrected chi connectivity index (χ4v) is 11.9. The topological polar surface area (TPSA) is 237 Å². The van der Waals surface area contributed by atoms with E-state index in [1.165, 1.54) is 89.9 Å². The molecule has 0 amide bonds. The van der Waals surface area contributed by atoms with Crippen LogP contribution in [0.3, 0.4) is 0 Å². The molecule has 5 atom stereocenters. The van der Waals surface area contributed by atoms with E-state index in [0.717, 1.165) is 148 Å². The van der Waals surface area contributed by atoms with Crippen LogP contribution in [-0.4, -0.2) is 96.7 Å². The minimum absolute atomic E-state index is 0.0358. The number of aliphatic hydroxyl groups excluding tert-OH is 1. The van der Waals surface area contributed by atoms with Crippen molar-refractivity contribution in [2.75, 3.05) is 39.6 Å². The van der Waals surface area contributed by atoms with E-state index < -0.39 is 97.5 Å². The second kappa shape index (κ2) is 74.7. The summed E-state index contributed by atoms with van der Waals surface area (Å²) in [5, 5.41) is 10.6. The molecule has 0 aliphatic carbocycles. The lowest BCUT2D eigenvalue weighted by Gasteiger charge is -2.21. The molecule has 0 spiro atoms. The van der Waals surface area contributed by atoms with Crippen LogP contribution in [0.25, 0.3) is 0 Å². The van der Waals surface area contributed by atoms with Gasteiger partial charge in [0.05, 0.1) is 26.4 Å². The number of carbonyl (C=O) groups is 4. The van der Waals surface area contributed by atoms with Gasteiger partial charge in [-0.2, -0.15) is 0 Å². The van der Waals surface area contributed by atoms with Gasteiger partial charge in [0.15, 0.2) is 12.2 Å². The molecular formula is C83H142O17P2. The second-order valence-electron chi connectivity index (χ2n) is 26.3. The number of hydrogen-bond acceptors (Lipinski definition) is 15. The van der Waals surface area contributed by atoms with Crippen LogP contribution in [0, 0.1) is 0 Å². The molecule has 586 valence electrons. The summed E-state index contributed by atoms with van der Waals surface area (Å²) in [6.45, 7) is 4.61. The Morgan fingerprint density at radius 2 is 0.529 bits per heavy atom. The van der Waals surface area contributed by atoms with E-state index >= 15 is 0 Å². The van der Waals surface area contributed by atoms with Crippen LogP contribution in [0.15, 0.2) is 122 Å².